The SMILES string of the molecule is CCCn1c(N)c(C(=O)CSC2CCCC2)c(=O)[nH]c1=O. The van der Waals surface area contributed by atoms with Crippen molar-refractivity contribution in [2.45, 2.75) is 50.8 Å². The Balaban J connectivity index is 2.21. The molecule has 0 spiro atoms. The molecule has 1 aromatic rings. The molecule has 0 bridgehead atoms. The van der Waals surface area contributed by atoms with Crippen LogP contribution in [0, 0.1) is 0 Å². The van der Waals surface area contributed by atoms with Crippen LogP contribution in [0.15, 0.2) is 9.59 Å². The number of nitrogens with zero attached hydrogens (tertiary/aromatic N) is 1. The monoisotopic (exact) mass is 311 g/mol. The zero-order chi connectivity index (χ0) is 15.4. The van der Waals surface area contributed by atoms with Gasteiger partial charge in [0.2, 0.25) is 0 Å². The Hall–Kier alpha value is -1.50. The van der Waals surface area contributed by atoms with Crippen LogP contribution in [0.25, 0.3) is 0 Å². The molecule has 6 nitrogen and oxygen atoms in total. The molecule has 1 saturated carbocycles. The molecule has 1 fully saturated rings. The number of nitrogens with two attached hydrogens (primary N) is 1. The number of ketones is 1. The maximum atomic E-state index is 12.3. The maximum absolute atomic E-state index is 12.3. The second-order valence-electron chi connectivity index (χ2n) is 5.31. The van der Waals surface area contributed by atoms with E-state index in [1.54, 1.807) is 11.8 Å². The summed E-state index contributed by atoms with van der Waals surface area (Å²) in [6.45, 7) is 2.28. The zero-order valence-electron chi connectivity index (χ0n) is 12.2. The highest BCUT2D eigenvalue weighted by Gasteiger charge is 2.22. The lowest BCUT2D eigenvalue weighted by Crippen LogP contribution is -2.36. The third-order valence-electron chi connectivity index (χ3n) is 3.72. The lowest BCUT2D eigenvalue weighted by molar-refractivity contribution is 0.102. The van der Waals surface area contributed by atoms with E-state index in [2.05, 4.69) is 4.98 Å². The van der Waals surface area contributed by atoms with Crippen molar-refractivity contribution in [3.63, 3.8) is 0 Å². The van der Waals surface area contributed by atoms with Gasteiger partial charge in [0.1, 0.15) is 11.4 Å². The zero-order valence-corrected chi connectivity index (χ0v) is 13.0. The number of carbonyl (C=O) groups is 1. The lowest BCUT2D eigenvalue weighted by Gasteiger charge is -2.12. The highest BCUT2D eigenvalue weighted by atomic mass is 32.2. The molecule has 0 unspecified atom stereocenters. The summed E-state index contributed by atoms with van der Waals surface area (Å²) < 4.78 is 1.26. The van der Waals surface area contributed by atoms with Crippen LogP contribution in [0.2, 0.25) is 0 Å². The Kier molecular flexibility index (Phi) is 5.27. The topological polar surface area (TPSA) is 97.9 Å². The van der Waals surface area contributed by atoms with Crippen molar-refractivity contribution in [1.29, 1.82) is 0 Å². The van der Waals surface area contributed by atoms with E-state index in [0.717, 1.165) is 12.8 Å². The fourth-order valence-electron chi connectivity index (χ4n) is 2.62. The Bertz CT molecular complexity index is 629. The minimum absolute atomic E-state index is 0.0115. The highest BCUT2D eigenvalue weighted by Crippen LogP contribution is 2.29. The standard InChI is InChI=1S/C14H21N3O3S/c1-2-7-17-12(15)11(13(19)16-14(17)20)10(18)8-21-9-5-3-4-6-9/h9H,2-8,15H2,1H3,(H,16,19,20). The van der Waals surface area contributed by atoms with E-state index in [0.29, 0.717) is 18.2 Å². The Morgan fingerprint density at radius 2 is 2.05 bits per heavy atom. The van der Waals surface area contributed by atoms with E-state index in [9.17, 15) is 14.4 Å². The van der Waals surface area contributed by atoms with Gasteiger partial charge in [0, 0.05) is 11.8 Å². The molecular weight excluding hydrogens is 290 g/mol. The Morgan fingerprint density at radius 1 is 1.38 bits per heavy atom. The van der Waals surface area contributed by atoms with Gasteiger partial charge < -0.3 is 5.73 Å². The summed E-state index contributed by atoms with van der Waals surface area (Å²) >= 11 is 1.58. The van der Waals surface area contributed by atoms with Crippen LogP contribution in [0.4, 0.5) is 5.82 Å². The largest absolute Gasteiger partial charge is 0.384 e. The number of Topliss-reactive ketones (excluding diaryl/α,β-unsaturated/α-hetero) is 1. The lowest BCUT2D eigenvalue weighted by atomic mass is 10.2. The average Bonchev–Trinajstić information content (AvgIpc) is 2.94. The van der Waals surface area contributed by atoms with Gasteiger partial charge in [-0.1, -0.05) is 19.8 Å². The third-order valence-corrected chi connectivity index (χ3v) is 5.09. The number of carbonyl (C=O) groups excluding carboxylic acids is 1. The maximum Gasteiger partial charge on any atom is 0.329 e. The molecular formula is C14H21N3O3S. The predicted octanol–water partition coefficient (Wildman–Crippen LogP) is 1.39. The minimum atomic E-state index is -0.679. The van der Waals surface area contributed by atoms with Crippen LogP contribution >= 0.6 is 11.8 Å². The van der Waals surface area contributed by atoms with Crippen LogP contribution in [-0.4, -0.2) is 26.3 Å². The first kappa shape index (κ1) is 15.9. The third kappa shape index (κ3) is 3.58. The summed E-state index contributed by atoms with van der Waals surface area (Å²) in [5.41, 5.74) is 4.56. The number of hydrogen-bond acceptors (Lipinski definition) is 5. The van der Waals surface area contributed by atoms with E-state index < -0.39 is 11.2 Å². The number of nitrogen functional groups attached to an aromatic ring is 1. The van der Waals surface area contributed by atoms with Gasteiger partial charge in [-0.15, -0.1) is 0 Å². The van der Waals surface area contributed by atoms with Crippen molar-refractivity contribution in [2.75, 3.05) is 11.5 Å². The van der Waals surface area contributed by atoms with Crippen molar-refractivity contribution < 1.29 is 4.79 Å². The predicted molar refractivity (Wildman–Crippen MR) is 85.1 cm³/mol. The summed E-state index contributed by atoms with van der Waals surface area (Å²) in [6, 6.07) is 0. The van der Waals surface area contributed by atoms with Crippen LogP contribution in [0.1, 0.15) is 49.4 Å². The molecule has 0 saturated heterocycles. The van der Waals surface area contributed by atoms with Gasteiger partial charge in [-0.25, -0.2) is 4.79 Å². The van der Waals surface area contributed by atoms with Gasteiger partial charge in [-0.2, -0.15) is 11.8 Å². The number of thioether (sulfide) groups is 1. The summed E-state index contributed by atoms with van der Waals surface area (Å²) in [6.07, 6.45) is 5.35. The van der Waals surface area contributed by atoms with Crippen molar-refractivity contribution >= 4 is 23.4 Å². The molecule has 0 aromatic carbocycles. The summed E-state index contributed by atoms with van der Waals surface area (Å²) in [5.74, 6) is -0.0689. The van der Waals surface area contributed by atoms with Crippen LogP contribution < -0.4 is 17.0 Å². The molecule has 116 valence electrons. The molecule has 1 aromatic heterocycles. The molecule has 0 radical (unpaired) electrons. The molecule has 0 aliphatic heterocycles. The van der Waals surface area contributed by atoms with Gasteiger partial charge in [0.15, 0.2) is 5.78 Å². The van der Waals surface area contributed by atoms with Gasteiger partial charge in [0.05, 0.1) is 5.75 Å². The van der Waals surface area contributed by atoms with E-state index in [1.807, 2.05) is 6.92 Å². The molecule has 0 atom stereocenters. The number of anilines is 1. The van der Waals surface area contributed by atoms with Crippen molar-refractivity contribution in [3.8, 4) is 0 Å². The van der Waals surface area contributed by atoms with Crippen molar-refractivity contribution in [1.82, 2.24) is 9.55 Å². The molecule has 21 heavy (non-hydrogen) atoms. The fourth-order valence-corrected chi connectivity index (χ4v) is 3.82. The smallest absolute Gasteiger partial charge is 0.329 e. The van der Waals surface area contributed by atoms with Crippen LogP contribution in [0.3, 0.4) is 0 Å². The first-order chi connectivity index (χ1) is 10.0. The van der Waals surface area contributed by atoms with Crippen LogP contribution in [0.5, 0.6) is 0 Å². The van der Waals surface area contributed by atoms with Gasteiger partial charge in [0.25, 0.3) is 5.56 Å². The average molecular weight is 311 g/mol. The molecule has 7 heteroatoms. The summed E-state index contributed by atoms with van der Waals surface area (Å²) in [4.78, 5) is 38.0. The second-order valence-corrected chi connectivity index (χ2v) is 6.60. The van der Waals surface area contributed by atoms with Gasteiger partial charge in [-0.3, -0.25) is 19.1 Å². The van der Waals surface area contributed by atoms with Gasteiger partial charge in [-0.05, 0) is 19.3 Å². The first-order valence-electron chi connectivity index (χ1n) is 7.32. The number of hydrogen-bond donors (Lipinski definition) is 2. The minimum Gasteiger partial charge on any atom is -0.384 e. The number of aromatic amines is 1. The van der Waals surface area contributed by atoms with E-state index in [4.69, 9.17) is 5.73 Å². The van der Waals surface area contributed by atoms with E-state index >= 15 is 0 Å². The molecule has 0 amide bonds. The normalized spacial score (nSPS) is 15.5. The number of nitrogens with one attached hydrogen (secondary N) is 1. The van der Waals surface area contributed by atoms with Gasteiger partial charge >= 0.3 is 5.69 Å². The molecule has 1 heterocycles. The fraction of sp³-hybridized carbons (Fsp3) is 0.643. The molecule has 1 aliphatic rings. The molecule has 2 rings (SSSR count). The molecule has 1 aliphatic carbocycles. The van der Waals surface area contributed by atoms with Crippen molar-refractivity contribution in [3.05, 3.63) is 26.4 Å². The van der Waals surface area contributed by atoms with Crippen molar-refractivity contribution in [2.24, 2.45) is 0 Å². The quantitative estimate of drug-likeness (QED) is 0.774. The van der Waals surface area contributed by atoms with Crippen LogP contribution in [-0.2, 0) is 6.54 Å². The number of rotatable bonds is 6. The molecule has 3 N–H and O–H groups in total. The highest BCUT2D eigenvalue weighted by molar-refractivity contribution is 8.00. The summed E-state index contributed by atoms with van der Waals surface area (Å²) in [7, 11) is 0. The second kappa shape index (κ2) is 6.98. The Morgan fingerprint density at radius 3 is 2.67 bits per heavy atom. The first-order valence-corrected chi connectivity index (χ1v) is 8.36. The Labute approximate surface area is 127 Å². The number of aromatic nitrogens is 2. The summed E-state index contributed by atoms with van der Waals surface area (Å²) in [5, 5.41) is 0.496. The number of H-pyrrole nitrogens is 1. The van der Waals surface area contributed by atoms with E-state index in [-0.39, 0.29) is 22.9 Å². The van der Waals surface area contributed by atoms with E-state index in [1.165, 1.54) is 17.4 Å².